The zero-order chi connectivity index (χ0) is 59.3. The van der Waals surface area contributed by atoms with Gasteiger partial charge in [-0.1, -0.05) is 68.7 Å². The van der Waals surface area contributed by atoms with E-state index < -0.39 is 116 Å². The Hall–Kier alpha value is -6.46. The number of benzene rings is 2. The molecule has 0 spiro atoms. The second kappa shape index (κ2) is 26.0. The number of carbonyl (C=O) groups is 5. The predicted molar refractivity (Wildman–Crippen MR) is 299 cm³/mol. The molecule has 2 saturated heterocycles. The van der Waals surface area contributed by atoms with Crippen molar-refractivity contribution in [1.29, 1.82) is 0 Å². The Morgan fingerprint density at radius 2 is 1.63 bits per heavy atom. The Bertz CT molecular complexity index is 3300. The highest BCUT2D eigenvalue weighted by Gasteiger charge is 2.51. The van der Waals surface area contributed by atoms with Gasteiger partial charge in [-0.2, -0.15) is 4.98 Å². The highest BCUT2D eigenvalue weighted by Crippen LogP contribution is 2.60. The maximum Gasteiger partial charge on any atom is 0.410 e. The molecule has 5 amide bonds. The van der Waals surface area contributed by atoms with Crippen LogP contribution in [0.25, 0.3) is 11.2 Å². The first kappa shape index (κ1) is 61.6. The molecule has 1 unspecified atom stereocenters. The summed E-state index contributed by atoms with van der Waals surface area (Å²) in [6.07, 6.45) is -4.32. The number of imidazole rings is 1. The molecule has 82 heavy (non-hydrogen) atoms. The normalized spacial score (nSPS) is 25.5. The lowest BCUT2D eigenvalue weighted by atomic mass is 10.0. The van der Waals surface area contributed by atoms with Crippen molar-refractivity contribution in [3.8, 4) is 5.88 Å². The molecule has 2 aromatic carbocycles. The van der Waals surface area contributed by atoms with E-state index in [2.05, 4.69) is 70.7 Å². The van der Waals surface area contributed by atoms with Gasteiger partial charge in [0.1, 0.15) is 55.0 Å². The number of nitrogens with zero attached hydrogens (tertiary/aromatic N) is 6. The number of thiol groups is 2. The number of aromatic nitrogens is 6. The number of aliphatic hydroxyl groups excluding tert-OH is 1. The first-order valence-corrected chi connectivity index (χ1v) is 31.1. The fourth-order valence-corrected chi connectivity index (χ4v) is 12.0. The molecule has 8 rings (SSSR count). The summed E-state index contributed by atoms with van der Waals surface area (Å²) < 4.78 is 74.9. The number of fused-ring (bicyclic) bond motifs is 4. The molecule has 32 heteroatoms. The van der Waals surface area contributed by atoms with Gasteiger partial charge in [0.15, 0.2) is 17.4 Å². The van der Waals surface area contributed by atoms with Crippen molar-refractivity contribution in [2.45, 2.75) is 122 Å². The van der Waals surface area contributed by atoms with Gasteiger partial charge in [0.2, 0.25) is 23.6 Å². The van der Waals surface area contributed by atoms with Crippen LogP contribution in [0.5, 0.6) is 5.88 Å². The molecule has 1 aliphatic carbocycles. The van der Waals surface area contributed by atoms with Gasteiger partial charge in [0, 0.05) is 49.4 Å². The molecular weight excluding hydrogens is 1150 g/mol. The molecule has 442 valence electrons. The number of nitrogens with one attached hydrogen (secondary N) is 5. The molecule has 3 fully saturated rings. The average molecular weight is 1220 g/mol. The maximum atomic E-state index is 13.9. The number of alkyl carbamates (subject to hydrolysis) is 1. The second-order valence-corrected chi connectivity index (χ2v) is 26.6. The Morgan fingerprint density at radius 1 is 0.915 bits per heavy atom. The molecule has 28 nitrogen and oxygen atoms in total. The topological polar surface area (TPSA) is 354 Å². The average Bonchev–Trinajstić information content (AvgIpc) is 4.17. The molecular formula is C50H63N11O17P2S2. The SMILES string of the molecule is CC(C)[C@H](NC(=O)OC(C)(C)C)C(=O)N[C@@H](C)C(=O)Nc1ccc(COC(=O)N(C)Cc2ccccc2C(=O)Nc2nc3c(ncn3[C@@H]3O[C@@H]4CO[P@@](=O)(S)O[C@H]5C[C@H](Oc6ccncn6)CC5CO[P@@](=O)(S)O[C@@H]3[C@@H]4O)c(=O)[nH]2)cc1. The van der Waals surface area contributed by atoms with Crippen LogP contribution in [0.1, 0.15) is 82.1 Å². The van der Waals surface area contributed by atoms with E-state index in [1.54, 1.807) is 83.1 Å². The zero-order valence-electron chi connectivity index (χ0n) is 45.4. The maximum absolute atomic E-state index is 13.9. The van der Waals surface area contributed by atoms with Crippen molar-refractivity contribution in [2.75, 3.05) is 30.9 Å². The van der Waals surface area contributed by atoms with Crippen LogP contribution >= 0.6 is 38.1 Å². The molecule has 6 N–H and O–H groups in total. The van der Waals surface area contributed by atoms with E-state index in [1.807, 2.05) is 0 Å². The van der Waals surface area contributed by atoms with E-state index in [4.69, 9.17) is 37.0 Å². The summed E-state index contributed by atoms with van der Waals surface area (Å²) in [5.74, 6) is -2.76. The number of amides is 5. The fourth-order valence-electron chi connectivity index (χ4n) is 8.97. The number of hydrogen-bond donors (Lipinski definition) is 8. The Labute approximate surface area is 480 Å². The summed E-state index contributed by atoms with van der Waals surface area (Å²) in [7, 11) is 1.47. The standard InChI is InChI=1S/C50H63N11O17P2S2/c1-26(2)37(56-48(67)76-50(4,5)6)44(65)54-27(3)42(63)55-31-14-12-28(13-15-31)21-71-49(68)60(7)20-29-10-8-9-11-33(29)43(64)58-47-57-41-38(45(66)59-47)53-25-61(41)46-40-39(62)35(75-46)23-73-79(69,81)77-34-19-32(74-36-16-17-51-24-52-36)18-30(34)22-72-80(70,82)78-40/h8-17,24-27,30,32,34-35,37,39-40,46,62H,18-23H2,1-7H3,(H,54,65)(H,55,63)(H,56,67)(H,69,81)(H,70,82)(H2,57,58,59,64,66)/t27-,30?,32+,34-,35+,37-,39+,40+,46+,79+,80+/m0/s1. The number of carbonyl (C=O) groups excluding carboxylic acids is 5. The monoisotopic (exact) mass is 1220 g/mol. The molecule has 5 heterocycles. The molecule has 2 bridgehead atoms. The van der Waals surface area contributed by atoms with Crippen molar-refractivity contribution in [3.63, 3.8) is 0 Å². The van der Waals surface area contributed by atoms with E-state index in [9.17, 15) is 43.0 Å². The van der Waals surface area contributed by atoms with Gasteiger partial charge >= 0.3 is 25.8 Å². The van der Waals surface area contributed by atoms with Gasteiger partial charge in [-0.3, -0.25) is 47.6 Å². The number of aromatic amines is 1. The number of aliphatic hydroxyl groups is 1. The summed E-state index contributed by atoms with van der Waals surface area (Å²) in [5, 5.41) is 22.0. The van der Waals surface area contributed by atoms with Crippen molar-refractivity contribution < 1.29 is 75.3 Å². The summed E-state index contributed by atoms with van der Waals surface area (Å²) in [6.45, 7) is 0.429. The fraction of sp³-hybridized carbons (Fsp3) is 0.480. The minimum absolute atomic E-state index is 0.0987. The Kier molecular flexibility index (Phi) is 19.5. The third kappa shape index (κ3) is 16.0. The van der Waals surface area contributed by atoms with Gasteiger partial charge in [0.05, 0.1) is 25.6 Å². The summed E-state index contributed by atoms with van der Waals surface area (Å²) in [6, 6.07) is 12.4. The predicted octanol–water partition coefficient (Wildman–Crippen LogP) is 5.93. The third-order valence-corrected chi connectivity index (χ3v) is 16.3. The van der Waals surface area contributed by atoms with Crippen LogP contribution in [-0.2, 0) is 64.2 Å². The van der Waals surface area contributed by atoms with Crippen LogP contribution in [0.15, 0.2) is 78.2 Å². The van der Waals surface area contributed by atoms with Crippen molar-refractivity contribution in [3.05, 3.63) is 100 Å². The highest BCUT2D eigenvalue weighted by molar-refractivity contribution is 8.44. The van der Waals surface area contributed by atoms with E-state index in [1.165, 1.54) is 42.0 Å². The zero-order valence-corrected chi connectivity index (χ0v) is 49.0. The lowest BCUT2D eigenvalue weighted by Gasteiger charge is -2.26. The summed E-state index contributed by atoms with van der Waals surface area (Å²) >= 11 is 8.42. The second-order valence-electron chi connectivity index (χ2n) is 20.9. The number of rotatable bonds is 15. The molecule has 3 aromatic heterocycles. The highest BCUT2D eigenvalue weighted by atomic mass is 32.7. The minimum Gasteiger partial charge on any atom is -0.474 e. The first-order valence-electron chi connectivity index (χ1n) is 25.7. The van der Waals surface area contributed by atoms with Crippen LogP contribution in [0.2, 0.25) is 0 Å². The number of anilines is 2. The van der Waals surface area contributed by atoms with Crippen LogP contribution in [0, 0.1) is 11.8 Å². The van der Waals surface area contributed by atoms with Crippen LogP contribution in [0.3, 0.4) is 0 Å². The van der Waals surface area contributed by atoms with E-state index in [-0.39, 0.29) is 61.2 Å². The molecule has 0 radical (unpaired) electrons. The van der Waals surface area contributed by atoms with Crippen molar-refractivity contribution in [2.24, 2.45) is 11.8 Å². The number of H-pyrrole nitrogens is 1. The number of hydrogen-bond acceptors (Lipinski definition) is 21. The van der Waals surface area contributed by atoms with E-state index in [0.29, 0.717) is 22.7 Å². The van der Waals surface area contributed by atoms with E-state index in [0.717, 1.165) is 6.33 Å². The van der Waals surface area contributed by atoms with Gasteiger partial charge in [-0.15, -0.1) is 0 Å². The lowest BCUT2D eigenvalue weighted by molar-refractivity contribution is -0.128. The van der Waals surface area contributed by atoms with Gasteiger partial charge in [-0.05, 0) is 69.4 Å². The Balaban J connectivity index is 0.877. The van der Waals surface area contributed by atoms with Crippen LogP contribution in [0.4, 0.5) is 21.2 Å². The molecule has 11 atom stereocenters. The van der Waals surface area contributed by atoms with Crippen molar-refractivity contribution >= 4 is 90.8 Å². The third-order valence-electron chi connectivity index (χ3n) is 13.0. The van der Waals surface area contributed by atoms with Crippen LogP contribution in [-0.4, -0.2) is 138 Å². The molecule has 5 aromatic rings. The van der Waals surface area contributed by atoms with E-state index >= 15 is 0 Å². The summed E-state index contributed by atoms with van der Waals surface area (Å²) in [5.41, 5.74) is -0.512. The van der Waals surface area contributed by atoms with Gasteiger partial charge in [-0.25, -0.2) is 33.7 Å². The van der Waals surface area contributed by atoms with Gasteiger partial charge < -0.3 is 49.4 Å². The lowest BCUT2D eigenvalue weighted by Crippen LogP contribution is -2.54. The quantitative estimate of drug-likeness (QED) is 0.0444. The van der Waals surface area contributed by atoms with Crippen molar-refractivity contribution in [1.82, 2.24) is 45.0 Å². The summed E-state index contributed by atoms with van der Waals surface area (Å²) in [4.78, 5) is 99.4. The smallest absolute Gasteiger partial charge is 0.410 e. The Morgan fingerprint density at radius 3 is 2.34 bits per heavy atom. The molecule has 2 aliphatic heterocycles. The van der Waals surface area contributed by atoms with Crippen LogP contribution < -0.4 is 31.6 Å². The number of ether oxygens (including phenoxy) is 4. The van der Waals surface area contributed by atoms with Gasteiger partial charge in [0.25, 0.3) is 11.5 Å². The molecule has 3 aliphatic rings. The minimum atomic E-state index is -4.37. The largest absolute Gasteiger partial charge is 0.474 e. The first-order chi connectivity index (χ1) is 38.7. The molecule has 1 saturated carbocycles.